The topological polar surface area (TPSA) is 44.8 Å². The third-order valence-corrected chi connectivity index (χ3v) is 6.81. The first-order valence-electron chi connectivity index (χ1n) is 11.5. The van der Waals surface area contributed by atoms with Crippen LogP contribution in [0.25, 0.3) is 0 Å². The van der Waals surface area contributed by atoms with Crippen molar-refractivity contribution >= 4 is 5.91 Å². The fourth-order valence-corrected chi connectivity index (χ4v) is 4.77. The Morgan fingerprint density at radius 3 is 2.31 bits per heavy atom. The summed E-state index contributed by atoms with van der Waals surface area (Å²) in [6, 6.07) is 8.06. The van der Waals surface area contributed by atoms with Gasteiger partial charge in [-0.15, -0.1) is 0 Å². The first-order valence-corrected chi connectivity index (χ1v) is 11.5. The molecule has 1 heterocycles. The van der Waals surface area contributed by atoms with Crippen molar-refractivity contribution in [2.75, 3.05) is 45.9 Å². The lowest BCUT2D eigenvalue weighted by atomic mass is 9.79. The number of ether oxygens (including phenoxy) is 1. The molecule has 0 radical (unpaired) electrons. The molecule has 0 spiro atoms. The number of carbonyl (C=O) groups is 1. The maximum atomic E-state index is 12.5. The van der Waals surface area contributed by atoms with Gasteiger partial charge in [0.25, 0.3) is 5.91 Å². The zero-order valence-electron chi connectivity index (χ0n) is 18.6. The molecule has 1 aliphatic heterocycles. The molecule has 1 saturated heterocycles. The quantitative estimate of drug-likeness (QED) is 0.722. The van der Waals surface area contributed by atoms with Gasteiger partial charge in [-0.2, -0.15) is 0 Å². The van der Waals surface area contributed by atoms with Crippen molar-refractivity contribution in [3.8, 4) is 5.75 Å². The Balaban J connectivity index is 1.50. The molecule has 5 heteroatoms. The summed E-state index contributed by atoms with van der Waals surface area (Å²) in [7, 11) is 0. The molecule has 1 N–H and O–H groups in total. The number of carbonyl (C=O) groups excluding carboxylic acids is 1. The fourth-order valence-electron chi connectivity index (χ4n) is 4.77. The van der Waals surface area contributed by atoms with Crippen molar-refractivity contribution < 1.29 is 9.53 Å². The zero-order chi connectivity index (χ0) is 20.7. The van der Waals surface area contributed by atoms with E-state index in [1.807, 2.05) is 12.1 Å². The average molecular weight is 402 g/mol. The van der Waals surface area contributed by atoms with Crippen molar-refractivity contribution in [1.29, 1.82) is 0 Å². The Hall–Kier alpha value is -1.59. The number of nitrogens with one attached hydrogen (secondary N) is 1. The van der Waals surface area contributed by atoms with Crippen molar-refractivity contribution in [2.24, 2.45) is 0 Å². The second-order valence-electron chi connectivity index (χ2n) is 9.00. The number of hydrogen-bond donors (Lipinski definition) is 1. The van der Waals surface area contributed by atoms with Crippen LogP contribution in [-0.4, -0.2) is 67.1 Å². The van der Waals surface area contributed by atoms with Crippen LogP contribution in [0.3, 0.4) is 0 Å². The molecule has 0 bridgehead atoms. The molecule has 1 aromatic carbocycles. The van der Waals surface area contributed by atoms with Crippen molar-refractivity contribution in [2.45, 2.75) is 64.3 Å². The van der Waals surface area contributed by atoms with Crippen LogP contribution >= 0.6 is 0 Å². The Morgan fingerprint density at radius 1 is 1.07 bits per heavy atom. The van der Waals surface area contributed by atoms with E-state index in [1.54, 1.807) is 0 Å². The summed E-state index contributed by atoms with van der Waals surface area (Å²) in [4.78, 5) is 17.7. The van der Waals surface area contributed by atoms with Crippen molar-refractivity contribution in [3.05, 3.63) is 29.8 Å². The summed E-state index contributed by atoms with van der Waals surface area (Å²) >= 11 is 0. The zero-order valence-corrected chi connectivity index (χ0v) is 18.6. The van der Waals surface area contributed by atoms with Gasteiger partial charge in [0.05, 0.1) is 0 Å². The van der Waals surface area contributed by atoms with Crippen LogP contribution < -0.4 is 10.1 Å². The maximum absolute atomic E-state index is 12.5. The highest BCUT2D eigenvalue weighted by atomic mass is 16.5. The van der Waals surface area contributed by atoms with E-state index < -0.39 is 0 Å². The van der Waals surface area contributed by atoms with Crippen LogP contribution in [0.5, 0.6) is 5.75 Å². The molecule has 1 aliphatic carbocycles. The van der Waals surface area contributed by atoms with Crippen molar-refractivity contribution in [1.82, 2.24) is 15.1 Å². The molecule has 0 unspecified atom stereocenters. The number of hydrogen-bond acceptors (Lipinski definition) is 4. The lowest BCUT2D eigenvalue weighted by Crippen LogP contribution is -2.62. The minimum atomic E-state index is -0.0184. The highest BCUT2D eigenvalue weighted by Gasteiger charge is 2.39. The molecule has 2 aliphatic rings. The second kappa shape index (κ2) is 10.4. The van der Waals surface area contributed by atoms with Crippen LogP contribution in [0.15, 0.2) is 24.3 Å². The van der Waals surface area contributed by atoms with Gasteiger partial charge in [-0.05, 0) is 43.0 Å². The predicted octanol–water partition coefficient (Wildman–Crippen LogP) is 3.65. The van der Waals surface area contributed by atoms with E-state index in [0.717, 1.165) is 45.0 Å². The van der Waals surface area contributed by atoms with E-state index in [9.17, 15) is 4.79 Å². The monoisotopic (exact) mass is 401 g/mol. The summed E-state index contributed by atoms with van der Waals surface area (Å²) in [5.41, 5.74) is 1.41. The van der Waals surface area contributed by atoms with Gasteiger partial charge in [0.1, 0.15) is 5.75 Å². The number of piperazine rings is 1. The maximum Gasteiger partial charge on any atom is 0.258 e. The Kier molecular flexibility index (Phi) is 7.96. The first-order chi connectivity index (χ1) is 14.0. The van der Waals surface area contributed by atoms with E-state index >= 15 is 0 Å². The van der Waals surface area contributed by atoms with E-state index in [-0.39, 0.29) is 18.1 Å². The molecule has 0 atom stereocenters. The van der Waals surface area contributed by atoms with Gasteiger partial charge in [-0.1, -0.05) is 52.2 Å². The minimum Gasteiger partial charge on any atom is -0.484 e. The number of nitrogens with zero attached hydrogens (tertiary/aromatic N) is 2. The minimum absolute atomic E-state index is 0.0184. The number of likely N-dealkylation sites (N-methyl/N-ethyl adjacent to an activating group) is 1. The Morgan fingerprint density at radius 2 is 1.72 bits per heavy atom. The van der Waals surface area contributed by atoms with Gasteiger partial charge >= 0.3 is 0 Å². The van der Waals surface area contributed by atoms with Gasteiger partial charge in [-0.25, -0.2) is 0 Å². The van der Waals surface area contributed by atoms with Gasteiger partial charge in [-0.3, -0.25) is 9.69 Å². The molecule has 0 aromatic heterocycles. The van der Waals surface area contributed by atoms with E-state index in [2.05, 4.69) is 48.0 Å². The largest absolute Gasteiger partial charge is 0.484 e. The number of amides is 1. The summed E-state index contributed by atoms with van der Waals surface area (Å²) in [6.07, 6.45) is 6.24. The fraction of sp³-hybridized carbons (Fsp3) is 0.708. The number of rotatable bonds is 8. The van der Waals surface area contributed by atoms with Crippen LogP contribution in [0.4, 0.5) is 0 Å². The molecular weight excluding hydrogens is 362 g/mol. The van der Waals surface area contributed by atoms with Crippen molar-refractivity contribution in [3.63, 3.8) is 0 Å². The van der Waals surface area contributed by atoms with E-state index in [4.69, 9.17) is 4.74 Å². The Labute approximate surface area is 176 Å². The first kappa shape index (κ1) is 22.1. The lowest BCUT2D eigenvalue weighted by molar-refractivity contribution is -0.124. The third kappa shape index (κ3) is 5.95. The van der Waals surface area contributed by atoms with Gasteiger partial charge < -0.3 is 15.0 Å². The van der Waals surface area contributed by atoms with Crippen LogP contribution in [0.1, 0.15) is 64.4 Å². The van der Waals surface area contributed by atoms with E-state index in [0.29, 0.717) is 5.92 Å². The highest BCUT2D eigenvalue weighted by Crippen LogP contribution is 2.34. The molecule has 162 valence electrons. The molecule has 1 aromatic rings. The molecule has 1 saturated carbocycles. The van der Waals surface area contributed by atoms with Gasteiger partial charge in [0, 0.05) is 38.3 Å². The molecule has 5 nitrogen and oxygen atoms in total. The van der Waals surface area contributed by atoms with Gasteiger partial charge in [0.2, 0.25) is 0 Å². The van der Waals surface area contributed by atoms with E-state index in [1.165, 1.54) is 37.7 Å². The smallest absolute Gasteiger partial charge is 0.258 e. The summed E-state index contributed by atoms with van der Waals surface area (Å²) in [6.45, 7) is 13.1. The Bertz CT molecular complexity index is 630. The summed E-state index contributed by atoms with van der Waals surface area (Å²) in [5.74, 6) is 1.24. The standard InChI is InChI=1S/C24H39N3O2/c1-4-26-14-16-27(17-15-26)24(12-6-5-7-13-24)19-25-23(28)18-29-22-10-8-21(9-11-22)20(2)3/h8-11,20H,4-7,12-19H2,1-3H3,(H,25,28). The lowest BCUT2D eigenvalue weighted by Gasteiger charge is -2.50. The predicted molar refractivity (Wildman–Crippen MR) is 119 cm³/mol. The van der Waals surface area contributed by atoms with Crippen LogP contribution in [-0.2, 0) is 4.79 Å². The molecule has 2 fully saturated rings. The normalized spacial score (nSPS) is 20.6. The molecule has 1 amide bonds. The average Bonchev–Trinajstić information content (AvgIpc) is 2.77. The summed E-state index contributed by atoms with van der Waals surface area (Å²) in [5, 5.41) is 3.20. The summed E-state index contributed by atoms with van der Waals surface area (Å²) < 4.78 is 5.72. The van der Waals surface area contributed by atoms with Crippen LogP contribution in [0.2, 0.25) is 0 Å². The van der Waals surface area contributed by atoms with Gasteiger partial charge in [0.15, 0.2) is 6.61 Å². The second-order valence-corrected chi connectivity index (χ2v) is 9.00. The van der Waals surface area contributed by atoms with Crippen LogP contribution in [0, 0.1) is 0 Å². The molecule has 29 heavy (non-hydrogen) atoms. The molecule has 3 rings (SSSR count). The highest BCUT2D eigenvalue weighted by molar-refractivity contribution is 5.77. The third-order valence-electron chi connectivity index (χ3n) is 6.81. The SMILES string of the molecule is CCN1CCN(C2(CNC(=O)COc3ccc(C(C)C)cc3)CCCCC2)CC1. The number of benzene rings is 1. The molecular formula is C24H39N3O2.